The van der Waals surface area contributed by atoms with Crippen LogP contribution < -0.4 is 27.1 Å². The summed E-state index contributed by atoms with van der Waals surface area (Å²) in [6.45, 7) is 2.48. The monoisotopic (exact) mass is 465 g/mol. The Kier molecular flexibility index (Phi) is 6.74. The second-order valence-corrected chi connectivity index (χ2v) is 6.50. The smallest absolute Gasteiger partial charge is 0.338 e. The molecule has 152 valence electrons. The molecular formula is C23H20BrN3O3. The third kappa shape index (κ3) is 4.31. The summed E-state index contributed by atoms with van der Waals surface area (Å²) in [6, 6.07) is 20.2. The van der Waals surface area contributed by atoms with Crippen molar-refractivity contribution >= 4 is 16.9 Å². The number of carbonyl (C=O) groups excluding carboxylic acids is 1. The number of carbonyl (C=O) groups is 1. The quantitative estimate of drug-likeness (QED) is 0.305. The average Bonchev–Trinajstić information content (AvgIpc) is 2.75. The second kappa shape index (κ2) is 9.45. The van der Waals surface area contributed by atoms with E-state index in [1.54, 1.807) is 42.1 Å². The maximum atomic E-state index is 13.2. The zero-order valence-electron chi connectivity index (χ0n) is 16.4. The Morgan fingerprint density at radius 2 is 1.67 bits per heavy atom. The van der Waals surface area contributed by atoms with Gasteiger partial charge in [0.05, 0.1) is 28.8 Å². The summed E-state index contributed by atoms with van der Waals surface area (Å²) in [5.41, 5.74) is 1.79. The van der Waals surface area contributed by atoms with Crippen molar-refractivity contribution in [1.82, 2.24) is 9.55 Å². The summed E-state index contributed by atoms with van der Waals surface area (Å²) in [7, 11) is 0. The Morgan fingerprint density at radius 3 is 2.37 bits per heavy atom. The lowest BCUT2D eigenvalue weighted by atomic mass is 10.2. The van der Waals surface area contributed by atoms with Crippen molar-refractivity contribution in [3.8, 4) is 5.69 Å². The maximum absolute atomic E-state index is 13.2. The minimum atomic E-state index is -0.357. The number of ether oxygens (including phenoxy) is 1. The molecular weight excluding hydrogens is 446 g/mol. The first kappa shape index (κ1) is 21.4. The summed E-state index contributed by atoms with van der Waals surface area (Å²) in [6.07, 6.45) is 3.56. The maximum Gasteiger partial charge on any atom is 0.338 e. The van der Waals surface area contributed by atoms with E-state index in [0.717, 1.165) is 5.69 Å². The highest BCUT2D eigenvalue weighted by atomic mass is 79.9. The fraction of sp³-hybridized carbons (Fsp3) is 0.130. The van der Waals surface area contributed by atoms with E-state index in [4.69, 9.17) is 9.72 Å². The zero-order valence-corrected chi connectivity index (χ0v) is 18.0. The lowest BCUT2D eigenvalue weighted by Crippen LogP contribution is -3.00. The van der Waals surface area contributed by atoms with Crippen LogP contribution >= 0.6 is 0 Å². The minimum Gasteiger partial charge on any atom is -1.00 e. The highest BCUT2D eigenvalue weighted by Gasteiger charge is 2.17. The number of aromatic nitrogens is 3. The van der Waals surface area contributed by atoms with Gasteiger partial charge in [-0.3, -0.25) is 9.36 Å². The lowest BCUT2D eigenvalue weighted by molar-refractivity contribution is -0.689. The first-order chi connectivity index (χ1) is 14.2. The van der Waals surface area contributed by atoms with Crippen LogP contribution in [0.1, 0.15) is 23.1 Å². The van der Waals surface area contributed by atoms with Crippen LogP contribution in [0, 0.1) is 0 Å². The second-order valence-electron chi connectivity index (χ2n) is 6.50. The van der Waals surface area contributed by atoms with E-state index in [0.29, 0.717) is 35.4 Å². The number of nitrogens with zero attached hydrogens (tertiary/aromatic N) is 3. The summed E-state index contributed by atoms with van der Waals surface area (Å²) < 4.78 is 8.53. The van der Waals surface area contributed by atoms with Gasteiger partial charge in [-0.2, -0.15) is 4.57 Å². The van der Waals surface area contributed by atoms with Gasteiger partial charge in [0.25, 0.3) is 5.56 Å². The first-order valence-corrected chi connectivity index (χ1v) is 9.39. The fourth-order valence-corrected chi connectivity index (χ4v) is 3.20. The summed E-state index contributed by atoms with van der Waals surface area (Å²) in [4.78, 5) is 29.8. The lowest BCUT2D eigenvalue weighted by Gasteiger charge is -2.12. The van der Waals surface area contributed by atoms with Gasteiger partial charge in [0.2, 0.25) is 6.54 Å². The van der Waals surface area contributed by atoms with E-state index in [-0.39, 0.29) is 28.5 Å². The number of hydrogen-bond donors (Lipinski definition) is 0. The van der Waals surface area contributed by atoms with Crippen LogP contribution in [-0.2, 0) is 11.3 Å². The van der Waals surface area contributed by atoms with E-state index < -0.39 is 0 Å². The molecule has 2 aromatic heterocycles. The van der Waals surface area contributed by atoms with Gasteiger partial charge in [0.15, 0.2) is 18.2 Å². The number of benzene rings is 2. The normalized spacial score (nSPS) is 10.4. The molecule has 7 heteroatoms. The van der Waals surface area contributed by atoms with Crippen LogP contribution in [-0.4, -0.2) is 22.1 Å². The van der Waals surface area contributed by atoms with E-state index in [9.17, 15) is 9.59 Å². The molecule has 0 N–H and O–H groups in total. The minimum absolute atomic E-state index is 0. The number of para-hydroxylation sites is 2. The van der Waals surface area contributed by atoms with Crippen LogP contribution in [0.25, 0.3) is 16.6 Å². The van der Waals surface area contributed by atoms with Gasteiger partial charge >= 0.3 is 5.97 Å². The molecule has 6 nitrogen and oxygen atoms in total. The molecule has 4 rings (SSSR count). The van der Waals surface area contributed by atoms with Gasteiger partial charge in [-0.25, -0.2) is 9.78 Å². The van der Waals surface area contributed by atoms with E-state index in [2.05, 4.69) is 0 Å². The van der Waals surface area contributed by atoms with Crippen molar-refractivity contribution in [2.75, 3.05) is 6.61 Å². The zero-order chi connectivity index (χ0) is 20.2. The van der Waals surface area contributed by atoms with Crippen LogP contribution in [0.3, 0.4) is 0 Å². The Hall–Kier alpha value is -3.32. The Morgan fingerprint density at radius 1 is 1.00 bits per heavy atom. The van der Waals surface area contributed by atoms with Crippen molar-refractivity contribution in [2.45, 2.75) is 13.5 Å². The van der Waals surface area contributed by atoms with Gasteiger partial charge < -0.3 is 21.7 Å². The molecule has 4 aromatic rings. The molecule has 0 atom stereocenters. The molecule has 30 heavy (non-hydrogen) atoms. The molecule has 0 saturated carbocycles. The predicted octanol–water partition coefficient (Wildman–Crippen LogP) is -0.0978. The van der Waals surface area contributed by atoms with Crippen molar-refractivity contribution in [3.63, 3.8) is 0 Å². The molecule has 0 unspecified atom stereocenters. The van der Waals surface area contributed by atoms with Gasteiger partial charge in [0.1, 0.15) is 0 Å². The highest BCUT2D eigenvalue weighted by molar-refractivity contribution is 5.88. The van der Waals surface area contributed by atoms with Gasteiger partial charge in [-0.05, 0) is 31.2 Å². The SMILES string of the molecule is CCOC(=O)c1cc[n+](Cc2nc3ccccc3c(=O)n2-c2ccccc2)cc1.[Br-]. The summed E-state index contributed by atoms with van der Waals surface area (Å²) in [5, 5.41) is 0.572. The Bertz CT molecular complexity index is 1220. The van der Waals surface area contributed by atoms with Gasteiger partial charge in [-0.1, -0.05) is 30.3 Å². The van der Waals surface area contributed by atoms with Crippen LogP contribution in [0.4, 0.5) is 0 Å². The number of rotatable bonds is 5. The largest absolute Gasteiger partial charge is 1.00 e. The van der Waals surface area contributed by atoms with Crippen LogP contribution in [0.2, 0.25) is 0 Å². The number of halogens is 1. The number of fused-ring (bicyclic) bond motifs is 1. The third-order valence-corrected chi connectivity index (χ3v) is 4.59. The predicted molar refractivity (Wildman–Crippen MR) is 109 cm³/mol. The molecule has 2 heterocycles. The third-order valence-electron chi connectivity index (χ3n) is 4.59. The highest BCUT2D eigenvalue weighted by Crippen LogP contribution is 2.13. The summed E-state index contributed by atoms with van der Waals surface area (Å²) >= 11 is 0. The molecule has 0 bridgehead atoms. The Balaban J connectivity index is 0.00000256. The molecule has 0 aliphatic heterocycles. The van der Waals surface area contributed by atoms with Crippen molar-refractivity contribution in [2.24, 2.45) is 0 Å². The molecule has 0 amide bonds. The molecule has 0 radical (unpaired) electrons. The topological polar surface area (TPSA) is 65.1 Å². The molecule has 0 spiro atoms. The number of esters is 1. The van der Waals surface area contributed by atoms with Gasteiger partial charge in [0, 0.05) is 12.1 Å². The Labute approximate surface area is 184 Å². The van der Waals surface area contributed by atoms with Crippen LogP contribution in [0.15, 0.2) is 83.9 Å². The van der Waals surface area contributed by atoms with E-state index in [1.807, 2.05) is 53.1 Å². The van der Waals surface area contributed by atoms with Gasteiger partial charge in [-0.15, -0.1) is 0 Å². The number of pyridine rings is 1. The summed E-state index contributed by atoms with van der Waals surface area (Å²) in [5.74, 6) is 0.249. The molecule has 0 fully saturated rings. The molecule has 0 saturated heterocycles. The average molecular weight is 466 g/mol. The molecule has 0 aliphatic rings. The van der Waals surface area contributed by atoms with Crippen molar-refractivity contribution in [1.29, 1.82) is 0 Å². The number of hydrogen-bond acceptors (Lipinski definition) is 4. The first-order valence-electron chi connectivity index (χ1n) is 9.39. The fourth-order valence-electron chi connectivity index (χ4n) is 3.20. The van der Waals surface area contributed by atoms with E-state index in [1.165, 1.54) is 0 Å². The van der Waals surface area contributed by atoms with E-state index >= 15 is 0 Å². The standard InChI is InChI=1S/C23H20N3O3.BrH/c1-2-29-23(28)17-12-14-25(15-13-17)16-21-24-20-11-7-6-10-19(20)22(27)26(21)18-8-4-3-5-9-18;/h3-15H,2,16H2,1H3;1H/q+1;/p-1. The van der Waals surface area contributed by atoms with Crippen molar-refractivity contribution < 1.29 is 31.1 Å². The molecule has 2 aromatic carbocycles. The van der Waals surface area contributed by atoms with Crippen molar-refractivity contribution in [3.05, 3.63) is 101 Å². The molecule has 0 aliphatic carbocycles. The van der Waals surface area contributed by atoms with Crippen LogP contribution in [0.5, 0.6) is 0 Å².